The molecule has 0 amide bonds. The molecule has 2 aromatic heterocycles. The van der Waals surface area contributed by atoms with E-state index in [1.807, 2.05) is 48.5 Å². The molecule has 0 saturated carbocycles. The molecule has 1 aliphatic heterocycles. The summed E-state index contributed by atoms with van der Waals surface area (Å²) in [5.74, 6) is 2.83. The Hall–Kier alpha value is -2.97. The van der Waals surface area contributed by atoms with E-state index in [9.17, 15) is 4.79 Å². The van der Waals surface area contributed by atoms with Crippen molar-refractivity contribution in [1.82, 2.24) is 9.55 Å². The predicted molar refractivity (Wildman–Crippen MR) is 140 cm³/mol. The van der Waals surface area contributed by atoms with Gasteiger partial charge >= 0.3 is 0 Å². The topological polar surface area (TPSA) is 62.6 Å². The van der Waals surface area contributed by atoms with Gasteiger partial charge in [0.15, 0.2) is 16.7 Å². The molecule has 2 aromatic carbocycles. The number of aromatic nitrogens is 2. The molecule has 0 N–H and O–H groups in total. The van der Waals surface area contributed by atoms with Crippen LogP contribution < -0.4 is 19.8 Å². The zero-order valence-corrected chi connectivity index (χ0v) is 21.1. The highest BCUT2D eigenvalue weighted by Gasteiger charge is 2.25. The van der Waals surface area contributed by atoms with Crippen molar-refractivity contribution in [3.63, 3.8) is 0 Å². The third kappa shape index (κ3) is 4.29. The molecular formula is C27H26N2O4S2. The van der Waals surface area contributed by atoms with Gasteiger partial charge in [-0.1, -0.05) is 36.4 Å². The van der Waals surface area contributed by atoms with Gasteiger partial charge in [0.25, 0.3) is 5.56 Å². The highest BCUT2D eigenvalue weighted by atomic mass is 32.2. The summed E-state index contributed by atoms with van der Waals surface area (Å²) in [4.78, 5) is 21.2. The summed E-state index contributed by atoms with van der Waals surface area (Å²) >= 11 is 3.21. The van der Waals surface area contributed by atoms with Gasteiger partial charge in [0.1, 0.15) is 23.3 Å². The number of hydrogen-bond donors (Lipinski definition) is 0. The van der Waals surface area contributed by atoms with Crippen molar-refractivity contribution in [3.8, 4) is 22.9 Å². The minimum absolute atomic E-state index is 0.00342. The van der Waals surface area contributed by atoms with Crippen molar-refractivity contribution < 1.29 is 14.2 Å². The average Bonchev–Trinajstić information content (AvgIpc) is 3.08. The number of rotatable bonds is 5. The van der Waals surface area contributed by atoms with Crippen LogP contribution in [0, 0.1) is 0 Å². The number of thioether (sulfide) groups is 1. The summed E-state index contributed by atoms with van der Waals surface area (Å²) in [7, 11) is 1.63. The van der Waals surface area contributed by atoms with E-state index in [1.165, 1.54) is 35.0 Å². The zero-order valence-electron chi connectivity index (χ0n) is 19.5. The van der Waals surface area contributed by atoms with Gasteiger partial charge in [0, 0.05) is 16.7 Å². The van der Waals surface area contributed by atoms with E-state index >= 15 is 0 Å². The second kappa shape index (κ2) is 9.59. The molecule has 6 rings (SSSR count). The quantitative estimate of drug-likeness (QED) is 0.198. The summed E-state index contributed by atoms with van der Waals surface area (Å²) in [5, 5.41) is 1.44. The maximum absolute atomic E-state index is 14.0. The third-order valence-corrected chi connectivity index (χ3v) is 8.74. The molecule has 3 heterocycles. The monoisotopic (exact) mass is 506 g/mol. The van der Waals surface area contributed by atoms with Gasteiger partial charge in [0.2, 0.25) is 0 Å². The van der Waals surface area contributed by atoms with E-state index in [4.69, 9.17) is 19.2 Å². The summed E-state index contributed by atoms with van der Waals surface area (Å²) in [6.45, 7) is 0.461. The van der Waals surface area contributed by atoms with Crippen LogP contribution in [0.3, 0.4) is 0 Å². The molecule has 0 spiro atoms. The highest BCUT2D eigenvalue weighted by Crippen LogP contribution is 2.36. The van der Waals surface area contributed by atoms with Crippen molar-refractivity contribution >= 4 is 33.3 Å². The van der Waals surface area contributed by atoms with Crippen LogP contribution in [-0.2, 0) is 12.8 Å². The molecule has 180 valence electrons. The fraction of sp³-hybridized carbons (Fsp3) is 0.333. The molecule has 2 aliphatic rings. The second-order valence-corrected chi connectivity index (χ2v) is 10.9. The zero-order chi connectivity index (χ0) is 23.8. The first-order valence-corrected chi connectivity index (χ1v) is 13.7. The maximum Gasteiger partial charge on any atom is 0.267 e. The minimum atomic E-state index is -0.138. The highest BCUT2D eigenvalue weighted by molar-refractivity contribution is 7.99. The summed E-state index contributed by atoms with van der Waals surface area (Å²) < 4.78 is 19.2. The number of hydrogen-bond acceptors (Lipinski definition) is 7. The Balaban J connectivity index is 1.41. The Bertz CT molecular complexity index is 1450. The molecule has 4 aromatic rings. The molecule has 1 aliphatic carbocycles. The number of ether oxygens (including phenoxy) is 3. The first kappa shape index (κ1) is 22.5. The van der Waals surface area contributed by atoms with E-state index in [1.54, 1.807) is 23.0 Å². The molecular weight excluding hydrogens is 480 g/mol. The molecule has 35 heavy (non-hydrogen) atoms. The number of thiophene rings is 1. The normalized spacial score (nSPS) is 17.1. The lowest BCUT2D eigenvalue weighted by Gasteiger charge is -2.26. The van der Waals surface area contributed by atoms with Crippen LogP contribution in [0.5, 0.6) is 17.2 Å². The second-order valence-electron chi connectivity index (χ2n) is 8.79. The van der Waals surface area contributed by atoms with Crippen LogP contribution in [0.25, 0.3) is 15.9 Å². The van der Waals surface area contributed by atoms with Gasteiger partial charge in [0.05, 0.1) is 18.2 Å². The van der Waals surface area contributed by atoms with Crippen LogP contribution in [0.4, 0.5) is 0 Å². The summed E-state index contributed by atoms with van der Waals surface area (Å²) in [5.41, 5.74) is 1.95. The molecule has 0 fully saturated rings. The minimum Gasteiger partial charge on any atom is -0.497 e. The van der Waals surface area contributed by atoms with Gasteiger partial charge in [-0.3, -0.25) is 9.36 Å². The molecule has 0 bridgehead atoms. The summed E-state index contributed by atoms with van der Waals surface area (Å²) in [6, 6.07) is 15.3. The largest absolute Gasteiger partial charge is 0.497 e. The van der Waals surface area contributed by atoms with Crippen molar-refractivity contribution in [1.29, 1.82) is 0 Å². The first-order valence-electron chi connectivity index (χ1n) is 11.9. The predicted octanol–water partition coefficient (Wildman–Crippen LogP) is 5.66. The lowest BCUT2D eigenvalue weighted by Crippen LogP contribution is -2.31. The van der Waals surface area contributed by atoms with Crippen LogP contribution in [0.15, 0.2) is 58.5 Å². The van der Waals surface area contributed by atoms with Gasteiger partial charge in [-0.25, -0.2) is 4.98 Å². The lowest BCUT2D eigenvalue weighted by atomic mass is 10.1. The molecule has 8 heteroatoms. The van der Waals surface area contributed by atoms with Crippen molar-refractivity contribution in [2.75, 3.05) is 19.5 Å². The summed E-state index contributed by atoms with van der Waals surface area (Å²) in [6.07, 6.45) is 5.34. The van der Waals surface area contributed by atoms with E-state index in [0.717, 1.165) is 46.7 Å². The Morgan fingerprint density at radius 3 is 2.86 bits per heavy atom. The lowest BCUT2D eigenvalue weighted by molar-refractivity contribution is 0.107. The third-order valence-electron chi connectivity index (χ3n) is 6.49. The van der Waals surface area contributed by atoms with Crippen molar-refractivity contribution in [2.45, 2.75) is 43.4 Å². The van der Waals surface area contributed by atoms with Crippen LogP contribution >= 0.6 is 23.1 Å². The molecule has 0 unspecified atom stereocenters. The van der Waals surface area contributed by atoms with Gasteiger partial charge in [-0.15, -0.1) is 11.3 Å². The maximum atomic E-state index is 14.0. The Morgan fingerprint density at radius 2 is 1.97 bits per heavy atom. The van der Waals surface area contributed by atoms with Gasteiger partial charge in [-0.2, -0.15) is 0 Å². The number of para-hydroxylation sites is 2. The molecule has 1 atom stereocenters. The fourth-order valence-electron chi connectivity index (χ4n) is 4.75. The number of methoxy groups -OCH3 is 1. The van der Waals surface area contributed by atoms with Gasteiger partial charge in [-0.05, 0) is 55.5 Å². The number of aryl methyl sites for hydroxylation is 2. The van der Waals surface area contributed by atoms with E-state index in [0.29, 0.717) is 23.3 Å². The standard InChI is InChI=1S/C27H26N2O4S2/c1-31-18-9-7-8-17(14-18)29-26(30)24-20-10-3-2-4-13-23(20)35-25(24)28-27(29)34-16-19-15-32-21-11-5-6-12-22(21)33-19/h5-9,11-12,14,19H,2-4,10,13,15-16H2,1H3/t19-/m0/s1. The average molecular weight is 507 g/mol. The van der Waals surface area contributed by atoms with Crippen molar-refractivity contribution in [2.24, 2.45) is 0 Å². The Morgan fingerprint density at radius 1 is 1.11 bits per heavy atom. The molecule has 0 radical (unpaired) electrons. The van der Waals surface area contributed by atoms with Crippen LogP contribution in [0.1, 0.15) is 29.7 Å². The number of nitrogens with zero attached hydrogens (tertiary/aromatic N) is 2. The van der Waals surface area contributed by atoms with E-state index in [2.05, 4.69) is 0 Å². The number of fused-ring (bicyclic) bond motifs is 4. The first-order chi connectivity index (χ1) is 17.2. The van der Waals surface area contributed by atoms with E-state index < -0.39 is 0 Å². The smallest absolute Gasteiger partial charge is 0.267 e. The Labute approximate surface area is 211 Å². The molecule has 0 saturated heterocycles. The van der Waals surface area contributed by atoms with Gasteiger partial charge < -0.3 is 14.2 Å². The molecule has 6 nitrogen and oxygen atoms in total. The SMILES string of the molecule is COc1cccc(-n2c(SC[C@@H]3COc4ccccc4O3)nc3sc4c(c3c2=O)CCCCC4)c1. The van der Waals surface area contributed by atoms with Crippen LogP contribution in [0.2, 0.25) is 0 Å². The van der Waals surface area contributed by atoms with E-state index in [-0.39, 0.29) is 11.7 Å². The van der Waals surface area contributed by atoms with Crippen LogP contribution in [-0.4, -0.2) is 35.1 Å². The fourth-order valence-corrected chi connectivity index (χ4v) is 7.03. The number of benzene rings is 2. The van der Waals surface area contributed by atoms with Crippen molar-refractivity contribution in [3.05, 3.63) is 69.3 Å². The Kier molecular flexibility index (Phi) is 6.16.